The minimum atomic E-state index is -0.133. The fraction of sp³-hybridized carbons (Fsp3) is 0.261. The van der Waals surface area contributed by atoms with Gasteiger partial charge in [-0.3, -0.25) is 9.78 Å². The summed E-state index contributed by atoms with van der Waals surface area (Å²) in [4.78, 5) is 31.4. The van der Waals surface area contributed by atoms with Crippen LogP contribution in [0.15, 0.2) is 60.8 Å². The molecular weight excluding hydrogens is 364 g/mol. The molecule has 1 aliphatic rings. The molecule has 4 rings (SSSR count). The van der Waals surface area contributed by atoms with Gasteiger partial charge in [0.05, 0.1) is 11.2 Å². The van der Waals surface area contributed by atoms with E-state index in [0.29, 0.717) is 24.3 Å². The van der Waals surface area contributed by atoms with Gasteiger partial charge in [0.1, 0.15) is 0 Å². The second kappa shape index (κ2) is 8.31. The molecule has 1 aliphatic heterocycles. The third-order valence-electron chi connectivity index (χ3n) is 5.38. The number of nitrogens with zero attached hydrogens (tertiary/aromatic N) is 2. The monoisotopic (exact) mass is 388 g/mol. The molecule has 29 heavy (non-hydrogen) atoms. The Labute approximate surface area is 169 Å². The molecule has 3 aromatic rings. The lowest BCUT2D eigenvalue weighted by atomic mass is 10.0. The van der Waals surface area contributed by atoms with Crippen molar-refractivity contribution < 1.29 is 9.59 Å². The fourth-order valence-corrected chi connectivity index (χ4v) is 3.72. The molecule has 1 saturated heterocycles. The van der Waals surface area contributed by atoms with Crippen LogP contribution in [0.3, 0.4) is 0 Å². The number of aromatic nitrogens is 1. The van der Waals surface area contributed by atoms with Gasteiger partial charge in [0, 0.05) is 36.3 Å². The highest BCUT2D eigenvalue weighted by Crippen LogP contribution is 2.22. The van der Waals surface area contributed by atoms with Crippen LogP contribution in [-0.2, 0) is 0 Å². The fourth-order valence-electron chi connectivity index (χ4n) is 3.72. The van der Waals surface area contributed by atoms with Crippen LogP contribution >= 0.6 is 0 Å². The van der Waals surface area contributed by atoms with Gasteiger partial charge in [0.25, 0.3) is 5.91 Å². The molecular formula is C23H24N4O2. The number of anilines is 1. The van der Waals surface area contributed by atoms with E-state index in [9.17, 15) is 9.59 Å². The Hall–Kier alpha value is -3.41. The summed E-state index contributed by atoms with van der Waals surface area (Å²) in [5.74, 6) is -0.0483. The van der Waals surface area contributed by atoms with Crippen molar-refractivity contribution in [2.45, 2.75) is 25.8 Å². The van der Waals surface area contributed by atoms with E-state index in [0.717, 1.165) is 29.3 Å². The number of carbonyl (C=O) groups excluding carboxylic acids is 2. The lowest BCUT2D eigenvalue weighted by molar-refractivity contribution is 0.0918. The number of urea groups is 1. The minimum absolute atomic E-state index is 0.0483. The number of nitrogens with one attached hydrogen (secondary N) is 2. The number of benzene rings is 2. The third kappa shape index (κ3) is 4.21. The number of piperidine rings is 1. The second-order valence-electron chi connectivity index (χ2n) is 7.36. The molecule has 0 bridgehead atoms. The molecule has 6 heteroatoms. The van der Waals surface area contributed by atoms with Gasteiger partial charge in [0.2, 0.25) is 0 Å². The molecule has 1 fully saturated rings. The van der Waals surface area contributed by atoms with Crippen molar-refractivity contribution in [3.63, 3.8) is 0 Å². The maximum Gasteiger partial charge on any atom is 0.321 e. The van der Waals surface area contributed by atoms with Crippen LogP contribution < -0.4 is 10.6 Å². The Morgan fingerprint density at radius 1 is 1.00 bits per heavy atom. The van der Waals surface area contributed by atoms with Gasteiger partial charge in [-0.1, -0.05) is 36.4 Å². The van der Waals surface area contributed by atoms with Crippen molar-refractivity contribution in [1.29, 1.82) is 0 Å². The second-order valence-corrected chi connectivity index (χ2v) is 7.36. The van der Waals surface area contributed by atoms with Crippen LogP contribution in [0.25, 0.3) is 10.9 Å². The zero-order valence-corrected chi connectivity index (χ0v) is 16.4. The highest BCUT2D eigenvalue weighted by Gasteiger charge is 2.24. The van der Waals surface area contributed by atoms with E-state index in [1.54, 1.807) is 11.1 Å². The number of amides is 3. The summed E-state index contributed by atoms with van der Waals surface area (Å²) >= 11 is 0. The number of para-hydroxylation sites is 1. The zero-order valence-electron chi connectivity index (χ0n) is 16.4. The molecule has 0 radical (unpaired) electrons. The Bertz CT molecular complexity index is 1040. The van der Waals surface area contributed by atoms with E-state index in [1.807, 2.05) is 61.5 Å². The lowest BCUT2D eigenvalue weighted by Gasteiger charge is -2.32. The summed E-state index contributed by atoms with van der Waals surface area (Å²) in [5, 5.41) is 7.07. The normalized spacial score (nSPS) is 14.6. The Morgan fingerprint density at radius 2 is 1.76 bits per heavy atom. The van der Waals surface area contributed by atoms with Crippen LogP contribution in [-0.4, -0.2) is 41.0 Å². The van der Waals surface area contributed by atoms with Crippen LogP contribution in [0, 0.1) is 6.92 Å². The topological polar surface area (TPSA) is 74.3 Å². The van der Waals surface area contributed by atoms with E-state index < -0.39 is 0 Å². The van der Waals surface area contributed by atoms with Gasteiger partial charge < -0.3 is 15.5 Å². The summed E-state index contributed by atoms with van der Waals surface area (Å²) in [7, 11) is 0. The third-order valence-corrected chi connectivity index (χ3v) is 5.38. The maximum absolute atomic E-state index is 12.7. The van der Waals surface area contributed by atoms with Crippen molar-refractivity contribution in [2.75, 3.05) is 18.4 Å². The molecule has 0 saturated carbocycles. The van der Waals surface area contributed by atoms with Crippen LogP contribution in [0.4, 0.5) is 10.5 Å². The van der Waals surface area contributed by atoms with Gasteiger partial charge in [-0.15, -0.1) is 0 Å². The predicted octanol–water partition coefficient (Wildman–Crippen LogP) is 3.97. The summed E-state index contributed by atoms with van der Waals surface area (Å²) in [6.07, 6.45) is 3.19. The van der Waals surface area contributed by atoms with E-state index in [1.165, 1.54) is 0 Å². The first-order valence-corrected chi connectivity index (χ1v) is 9.88. The first-order valence-electron chi connectivity index (χ1n) is 9.88. The van der Waals surface area contributed by atoms with Crippen LogP contribution in [0.1, 0.15) is 28.8 Å². The molecule has 0 atom stereocenters. The smallest absolute Gasteiger partial charge is 0.321 e. The first kappa shape index (κ1) is 18.9. The summed E-state index contributed by atoms with van der Waals surface area (Å²) < 4.78 is 0. The quantitative estimate of drug-likeness (QED) is 0.713. The van der Waals surface area contributed by atoms with Gasteiger partial charge in [-0.25, -0.2) is 4.79 Å². The molecule has 2 N–H and O–H groups in total. The number of fused-ring (bicyclic) bond motifs is 1. The molecule has 0 unspecified atom stereocenters. The predicted molar refractivity (Wildman–Crippen MR) is 114 cm³/mol. The van der Waals surface area contributed by atoms with Crippen molar-refractivity contribution >= 4 is 28.5 Å². The molecule has 3 amide bonds. The van der Waals surface area contributed by atoms with Crippen LogP contribution in [0.2, 0.25) is 0 Å². The van der Waals surface area contributed by atoms with Gasteiger partial charge in [0.15, 0.2) is 0 Å². The number of pyridine rings is 1. The van der Waals surface area contributed by atoms with Gasteiger partial charge >= 0.3 is 6.03 Å². The van der Waals surface area contributed by atoms with Crippen LogP contribution in [0.5, 0.6) is 0 Å². The average Bonchev–Trinajstić information content (AvgIpc) is 2.75. The number of aryl methyl sites for hydroxylation is 1. The molecule has 0 aliphatic carbocycles. The molecule has 148 valence electrons. The molecule has 0 spiro atoms. The summed E-state index contributed by atoms with van der Waals surface area (Å²) in [6.45, 7) is 3.13. The molecule has 2 aromatic carbocycles. The molecule has 1 aromatic heterocycles. The summed E-state index contributed by atoms with van der Waals surface area (Å²) in [5.41, 5.74) is 3.16. The van der Waals surface area contributed by atoms with Gasteiger partial charge in [-0.2, -0.15) is 0 Å². The largest absolute Gasteiger partial charge is 0.349 e. The zero-order chi connectivity index (χ0) is 20.2. The SMILES string of the molecule is Cc1ccccc1C(=O)NC1CCN(C(=O)Nc2cccc3cccnc23)CC1. The van der Waals surface area contributed by atoms with Crippen molar-refractivity contribution in [3.8, 4) is 0 Å². The average molecular weight is 388 g/mol. The Kier molecular flexibility index (Phi) is 5.42. The van der Waals surface area contributed by atoms with E-state index in [-0.39, 0.29) is 18.0 Å². The lowest BCUT2D eigenvalue weighted by Crippen LogP contribution is -2.47. The van der Waals surface area contributed by atoms with Crippen molar-refractivity contribution in [3.05, 3.63) is 71.9 Å². The Balaban J connectivity index is 1.34. The highest BCUT2D eigenvalue weighted by atomic mass is 16.2. The van der Waals surface area contributed by atoms with Crippen molar-refractivity contribution in [1.82, 2.24) is 15.2 Å². The van der Waals surface area contributed by atoms with E-state index >= 15 is 0 Å². The number of rotatable bonds is 3. The minimum Gasteiger partial charge on any atom is -0.349 e. The standard InChI is InChI=1S/C23H24N4O2/c1-16-6-2-3-9-19(16)22(28)25-18-11-14-27(15-12-18)23(29)26-20-10-4-7-17-8-5-13-24-21(17)20/h2-10,13,18H,11-12,14-15H2,1H3,(H,25,28)(H,26,29). The van der Waals surface area contributed by atoms with Crippen molar-refractivity contribution in [2.24, 2.45) is 0 Å². The van der Waals surface area contributed by atoms with E-state index in [2.05, 4.69) is 15.6 Å². The summed E-state index contributed by atoms with van der Waals surface area (Å²) in [6, 6.07) is 17.1. The van der Waals surface area contributed by atoms with Gasteiger partial charge in [-0.05, 0) is 43.5 Å². The Morgan fingerprint density at radius 3 is 2.55 bits per heavy atom. The number of hydrogen-bond donors (Lipinski definition) is 2. The maximum atomic E-state index is 12.7. The number of carbonyl (C=O) groups is 2. The van der Waals surface area contributed by atoms with E-state index in [4.69, 9.17) is 0 Å². The number of likely N-dealkylation sites (tertiary alicyclic amines) is 1. The molecule has 6 nitrogen and oxygen atoms in total. The highest BCUT2D eigenvalue weighted by molar-refractivity contribution is 5.99. The molecule has 2 heterocycles. The first-order chi connectivity index (χ1) is 14.1. The number of hydrogen-bond acceptors (Lipinski definition) is 3.